The van der Waals surface area contributed by atoms with Crippen LogP contribution < -0.4 is 0 Å². The molecule has 1 rings (SSSR count). The molecule has 4 nitrogen and oxygen atoms in total. The molecule has 0 spiro atoms. The Hall–Kier alpha value is -1.39. The van der Waals surface area contributed by atoms with Gasteiger partial charge in [-0.05, 0) is 12.5 Å². The molecule has 0 saturated carbocycles. The summed E-state index contributed by atoms with van der Waals surface area (Å²) in [7, 11) is 1.44. The highest BCUT2D eigenvalue weighted by molar-refractivity contribution is 5.75. The molecule has 0 unspecified atom stereocenters. The number of aliphatic hydroxyl groups excluding tert-OH is 1. The predicted molar refractivity (Wildman–Crippen MR) is 58.8 cm³/mol. The van der Waals surface area contributed by atoms with E-state index in [9.17, 15) is 9.90 Å². The van der Waals surface area contributed by atoms with E-state index in [-0.39, 0.29) is 6.61 Å². The summed E-state index contributed by atoms with van der Waals surface area (Å²) in [6.45, 7) is 1.93. The van der Waals surface area contributed by atoms with E-state index in [1.807, 2.05) is 18.2 Å². The van der Waals surface area contributed by atoms with Gasteiger partial charge >= 0.3 is 5.97 Å². The van der Waals surface area contributed by atoms with Crippen LogP contribution in [0.1, 0.15) is 18.6 Å². The molecular formula is C12H16O4. The highest BCUT2D eigenvalue weighted by Gasteiger charge is 2.28. The molecule has 0 bridgehead atoms. The zero-order valence-corrected chi connectivity index (χ0v) is 9.42. The third kappa shape index (κ3) is 3.05. The highest BCUT2D eigenvalue weighted by atomic mass is 16.6. The summed E-state index contributed by atoms with van der Waals surface area (Å²) in [5.41, 5.74) is 0.741. The molecule has 1 aromatic carbocycles. The second-order valence-corrected chi connectivity index (χ2v) is 3.26. The molecule has 1 N–H and O–H groups in total. The summed E-state index contributed by atoms with van der Waals surface area (Å²) in [5.74, 6) is -0.668. The maximum atomic E-state index is 11.4. The van der Waals surface area contributed by atoms with Gasteiger partial charge in [-0.1, -0.05) is 30.3 Å². The minimum Gasteiger partial charge on any atom is -0.464 e. The summed E-state index contributed by atoms with van der Waals surface area (Å²) >= 11 is 0. The van der Waals surface area contributed by atoms with E-state index in [0.29, 0.717) is 0 Å². The number of carbonyl (C=O) groups excluding carboxylic acids is 1. The van der Waals surface area contributed by atoms with Crippen molar-refractivity contribution in [2.24, 2.45) is 0 Å². The Labute approximate surface area is 94.8 Å². The maximum absolute atomic E-state index is 11.4. The SMILES string of the molecule is CCOC(=O)[C@@H](O)[C@H](OC)c1ccccc1. The first-order valence-corrected chi connectivity index (χ1v) is 5.13. The summed E-state index contributed by atoms with van der Waals surface area (Å²) in [5, 5.41) is 9.76. The molecule has 2 atom stereocenters. The van der Waals surface area contributed by atoms with Gasteiger partial charge in [0.25, 0.3) is 0 Å². The molecule has 1 aromatic rings. The topological polar surface area (TPSA) is 55.8 Å². The number of hydrogen-bond acceptors (Lipinski definition) is 4. The van der Waals surface area contributed by atoms with E-state index >= 15 is 0 Å². The second kappa shape index (κ2) is 6.25. The van der Waals surface area contributed by atoms with Crippen molar-refractivity contribution in [3.63, 3.8) is 0 Å². The van der Waals surface area contributed by atoms with Gasteiger partial charge in [-0.25, -0.2) is 4.79 Å². The molecule has 0 aromatic heterocycles. The van der Waals surface area contributed by atoms with Gasteiger partial charge in [0.05, 0.1) is 6.61 Å². The lowest BCUT2D eigenvalue weighted by molar-refractivity contribution is -0.161. The fourth-order valence-electron chi connectivity index (χ4n) is 1.44. The molecule has 0 aliphatic rings. The number of rotatable bonds is 5. The maximum Gasteiger partial charge on any atom is 0.338 e. The lowest BCUT2D eigenvalue weighted by Crippen LogP contribution is -2.31. The summed E-state index contributed by atoms with van der Waals surface area (Å²) < 4.78 is 9.85. The van der Waals surface area contributed by atoms with Gasteiger partial charge in [-0.2, -0.15) is 0 Å². The Kier molecular flexibility index (Phi) is 4.95. The first-order valence-electron chi connectivity index (χ1n) is 5.13. The third-order valence-electron chi connectivity index (χ3n) is 2.20. The largest absolute Gasteiger partial charge is 0.464 e. The Morgan fingerprint density at radius 3 is 2.50 bits per heavy atom. The number of aliphatic hydroxyl groups is 1. The molecule has 0 aliphatic carbocycles. The Bertz CT molecular complexity index is 323. The highest BCUT2D eigenvalue weighted by Crippen LogP contribution is 2.21. The second-order valence-electron chi connectivity index (χ2n) is 3.26. The first-order chi connectivity index (χ1) is 7.70. The minimum absolute atomic E-state index is 0.237. The molecule has 0 amide bonds. The number of esters is 1. The number of benzene rings is 1. The van der Waals surface area contributed by atoms with Crippen LogP contribution >= 0.6 is 0 Å². The van der Waals surface area contributed by atoms with E-state index in [0.717, 1.165) is 5.56 Å². The average Bonchev–Trinajstić information content (AvgIpc) is 2.31. The Morgan fingerprint density at radius 1 is 1.38 bits per heavy atom. The van der Waals surface area contributed by atoms with E-state index in [2.05, 4.69) is 0 Å². The molecule has 0 heterocycles. The molecule has 0 radical (unpaired) electrons. The average molecular weight is 224 g/mol. The lowest BCUT2D eigenvalue weighted by Gasteiger charge is -2.20. The van der Waals surface area contributed by atoms with Gasteiger partial charge in [-0.3, -0.25) is 0 Å². The smallest absolute Gasteiger partial charge is 0.338 e. The number of carbonyl (C=O) groups is 1. The summed E-state index contributed by atoms with van der Waals surface area (Å²) in [4.78, 5) is 11.4. The molecule has 88 valence electrons. The van der Waals surface area contributed by atoms with Gasteiger partial charge in [0.2, 0.25) is 0 Å². The zero-order chi connectivity index (χ0) is 12.0. The standard InChI is InChI=1S/C12H16O4/c1-3-16-12(14)10(13)11(15-2)9-7-5-4-6-8-9/h4-8,10-11,13H,3H2,1-2H3/t10-,11+/m0/s1. The quantitative estimate of drug-likeness (QED) is 0.766. The van der Waals surface area contributed by atoms with Crippen molar-refractivity contribution in [3.8, 4) is 0 Å². The number of ether oxygens (including phenoxy) is 2. The van der Waals surface area contributed by atoms with E-state index in [1.54, 1.807) is 19.1 Å². The zero-order valence-electron chi connectivity index (χ0n) is 9.42. The van der Waals surface area contributed by atoms with E-state index < -0.39 is 18.2 Å². The summed E-state index contributed by atoms with van der Waals surface area (Å²) in [6, 6.07) is 9.07. The van der Waals surface area contributed by atoms with Crippen molar-refractivity contribution in [2.75, 3.05) is 13.7 Å². The third-order valence-corrected chi connectivity index (χ3v) is 2.20. The van der Waals surface area contributed by atoms with Gasteiger partial charge in [0, 0.05) is 7.11 Å². The molecule has 0 fully saturated rings. The van der Waals surface area contributed by atoms with Crippen molar-refractivity contribution < 1.29 is 19.4 Å². The van der Waals surface area contributed by atoms with E-state index in [1.165, 1.54) is 7.11 Å². The van der Waals surface area contributed by atoms with Crippen molar-refractivity contribution in [1.29, 1.82) is 0 Å². The lowest BCUT2D eigenvalue weighted by atomic mass is 10.0. The van der Waals surface area contributed by atoms with Crippen molar-refractivity contribution in [2.45, 2.75) is 19.1 Å². The Morgan fingerprint density at radius 2 is 2.00 bits per heavy atom. The molecule has 4 heteroatoms. The predicted octanol–water partition coefficient (Wildman–Crippen LogP) is 1.30. The fraction of sp³-hybridized carbons (Fsp3) is 0.417. The van der Waals surface area contributed by atoms with Crippen molar-refractivity contribution >= 4 is 5.97 Å². The van der Waals surface area contributed by atoms with Crippen LogP contribution in [-0.2, 0) is 14.3 Å². The van der Waals surface area contributed by atoms with Gasteiger partial charge in [-0.15, -0.1) is 0 Å². The van der Waals surface area contributed by atoms with Gasteiger partial charge in [0.1, 0.15) is 6.10 Å². The van der Waals surface area contributed by atoms with Crippen LogP contribution in [-0.4, -0.2) is 30.9 Å². The fourth-order valence-corrected chi connectivity index (χ4v) is 1.44. The normalized spacial score (nSPS) is 14.2. The minimum atomic E-state index is -1.30. The van der Waals surface area contributed by atoms with E-state index in [4.69, 9.17) is 9.47 Å². The van der Waals surface area contributed by atoms with Gasteiger partial charge in [0.15, 0.2) is 6.10 Å². The number of methoxy groups -OCH3 is 1. The molecule has 0 aliphatic heterocycles. The number of hydrogen-bond donors (Lipinski definition) is 1. The van der Waals surface area contributed by atoms with Crippen LogP contribution in [0.15, 0.2) is 30.3 Å². The monoisotopic (exact) mass is 224 g/mol. The van der Waals surface area contributed by atoms with Crippen LogP contribution in [0.4, 0.5) is 0 Å². The Balaban J connectivity index is 2.78. The molecular weight excluding hydrogens is 208 g/mol. The van der Waals surface area contributed by atoms with Crippen LogP contribution in [0.2, 0.25) is 0 Å². The van der Waals surface area contributed by atoms with Crippen molar-refractivity contribution in [1.82, 2.24) is 0 Å². The van der Waals surface area contributed by atoms with Crippen LogP contribution in [0.3, 0.4) is 0 Å². The molecule has 0 saturated heterocycles. The van der Waals surface area contributed by atoms with Crippen LogP contribution in [0.5, 0.6) is 0 Å². The summed E-state index contributed by atoms with van der Waals surface area (Å²) in [6.07, 6.45) is -1.99. The van der Waals surface area contributed by atoms with Gasteiger partial charge < -0.3 is 14.6 Å². The molecule has 16 heavy (non-hydrogen) atoms. The van der Waals surface area contributed by atoms with Crippen LogP contribution in [0, 0.1) is 0 Å². The first kappa shape index (κ1) is 12.7. The van der Waals surface area contributed by atoms with Crippen molar-refractivity contribution in [3.05, 3.63) is 35.9 Å². The van der Waals surface area contributed by atoms with Crippen LogP contribution in [0.25, 0.3) is 0 Å².